The van der Waals surface area contributed by atoms with Crippen LogP contribution < -0.4 is 10.4 Å². The Kier molecular flexibility index (Phi) is 3.90. The summed E-state index contributed by atoms with van der Waals surface area (Å²) in [5.74, 6) is 0. The number of benzene rings is 1. The topological polar surface area (TPSA) is 17.1 Å². The lowest BCUT2D eigenvalue weighted by Gasteiger charge is -1.97. The Hall–Kier alpha value is -1.08. The molecule has 0 saturated heterocycles. The van der Waals surface area contributed by atoms with Crippen LogP contribution in [0.2, 0.25) is 0 Å². The van der Waals surface area contributed by atoms with E-state index in [1.165, 1.54) is 0 Å². The van der Waals surface area contributed by atoms with Crippen molar-refractivity contribution in [3.63, 3.8) is 0 Å². The van der Waals surface area contributed by atoms with Crippen LogP contribution in [0.5, 0.6) is 0 Å². The quantitative estimate of drug-likeness (QED) is 0.680. The third-order valence-electron chi connectivity index (χ3n) is 2.07. The third-order valence-corrected chi connectivity index (χ3v) is 2.27. The summed E-state index contributed by atoms with van der Waals surface area (Å²) in [4.78, 5) is 11.1. The van der Waals surface area contributed by atoms with E-state index in [1.54, 1.807) is 6.07 Å². The van der Waals surface area contributed by atoms with Gasteiger partial charge in [-0.25, -0.2) is 0 Å². The third kappa shape index (κ3) is 2.24. The summed E-state index contributed by atoms with van der Waals surface area (Å²) in [5, 5.41) is 1.60. The molecule has 0 spiro atoms. The Morgan fingerprint density at radius 2 is 2.21 bits per heavy atom. The van der Waals surface area contributed by atoms with Gasteiger partial charge in [-0.3, -0.25) is 4.79 Å². The predicted octanol–water partition coefficient (Wildman–Crippen LogP) is 2.06. The van der Waals surface area contributed by atoms with E-state index in [9.17, 15) is 4.79 Å². The predicted molar refractivity (Wildman–Crippen MR) is 60.8 cm³/mol. The van der Waals surface area contributed by atoms with E-state index in [-0.39, 0.29) is 0 Å². The summed E-state index contributed by atoms with van der Waals surface area (Å²) >= 11 is 5.50. The lowest BCUT2D eigenvalue weighted by Crippen LogP contribution is -2.29. The highest BCUT2D eigenvalue weighted by molar-refractivity contribution is 6.67. The average Bonchev–Trinajstić information content (AvgIpc) is 2.18. The van der Waals surface area contributed by atoms with Gasteiger partial charge in [-0.2, -0.15) is 0 Å². The second-order valence-electron chi connectivity index (χ2n) is 2.98. The molecule has 1 rings (SSSR count). The molecule has 0 aromatic heterocycles. The summed E-state index contributed by atoms with van der Waals surface area (Å²) in [6.45, 7) is 3.99. The van der Waals surface area contributed by atoms with E-state index in [4.69, 9.17) is 11.6 Å². The highest BCUT2D eigenvalue weighted by Crippen LogP contribution is 1.95. The summed E-state index contributed by atoms with van der Waals surface area (Å²) in [5.41, 5.74) is 0.587. The van der Waals surface area contributed by atoms with Crippen LogP contribution in [0.1, 0.15) is 30.6 Å². The number of carbonyl (C=O) groups excluding carboxylic acids is 1. The average molecular weight is 209 g/mol. The maximum absolute atomic E-state index is 11.1. The van der Waals surface area contributed by atoms with Crippen molar-refractivity contribution in [1.29, 1.82) is 0 Å². The molecule has 0 amide bonds. The fourth-order valence-corrected chi connectivity index (χ4v) is 1.60. The monoisotopic (exact) mass is 208 g/mol. The van der Waals surface area contributed by atoms with Crippen molar-refractivity contribution in [3.05, 3.63) is 34.2 Å². The molecule has 2 heteroatoms. The SMILES string of the molecule is C/C=c1/cccc(C(=O)Cl)/c1=C/CC. The molecule has 0 unspecified atom stereocenters. The fourth-order valence-electron chi connectivity index (χ4n) is 1.44. The second-order valence-corrected chi connectivity index (χ2v) is 3.33. The van der Waals surface area contributed by atoms with Gasteiger partial charge < -0.3 is 0 Å². The molecule has 0 N–H and O–H groups in total. The van der Waals surface area contributed by atoms with Crippen LogP contribution in [-0.4, -0.2) is 5.24 Å². The Bertz CT molecular complexity index is 446. The minimum Gasteiger partial charge on any atom is -0.276 e. The normalized spacial score (nSPS) is 13.4. The van der Waals surface area contributed by atoms with Crippen molar-refractivity contribution < 1.29 is 4.79 Å². The van der Waals surface area contributed by atoms with Gasteiger partial charge in [0.15, 0.2) is 0 Å². The molecule has 1 aromatic carbocycles. The van der Waals surface area contributed by atoms with Crippen LogP contribution in [0.25, 0.3) is 12.2 Å². The van der Waals surface area contributed by atoms with Crippen molar-refractivity contribution in [2.75, 3.05) is 0 Å². The maximum atomic E-state index is 11.1. The van der Waals surface area contributed by atoms with Gasteiger partial charge in [-0.1, -0.05) is 31.2 Å². The van der Waals surface area contributed by atoms with E-state index in [0.717, 1.165) is 16.9 Å². The van der Waals surface area contributed by atoms with Crippen LogP contribution in [-0.2, 0) is 0 Å². The van der Waals surface area contributed by atoms with Crippen LogP contribution >= 0.6 is 11.6 Å². The van der Waals surface area contributed by atoms with Crippen molar-refractivity contribution in [3.8, 4) is 0 Å². The minimum atomic E-state index is -0.395. The first-order valence-electron chi connectivity index (χ1n) is 4.66. The molecule has 74 valence electrons. The molecule has 0 aliphatic carbocycles. The molecule has 14 heavy (non-hydrogen) atoms. The first kappa shape index (κ1) is 11.0. The molecule has 0 saturated carbocycles. The van der Waals surface area contributed by atoms with Crippen LogP contribution in [0, 0.1) is 0 Å². The molecule has 1 nitrogen and oxygen atoms in total. The maximum Gasteiger partial charge on any atom is 0.253 e. The van der Waals surface area contributed by atoms with E-state index in [2.05, 4.69) is 0 Å². The minimum absolute atomic E-state index is 0.395. The summed E-state index contributed by atoms with van der Waals surface area (Å²) < 4.78 is 0. The van der Waals surface area contributed by atoms with E-state index in [1.807, 2.05) is 38.1 Å². The zero-order valence-corrected chi connectivity index (χ0v) is 9.14. The molecule has 0 bridgehead atoms. The van der Waals surface area contributed by atoms with Crippen molar-refractivity contribution in [2.24, 2.45) is 0 Å². The zero-order valence-electron chi connectivity index (χ0n) is 8.38. The number of halogens is 1. The number of hydrogen-bond acceptors (Lipinski definition) is 1. The van der Waals surface area contributed by atoms with Gasteiger partial charge >= 0.3 is 0 Å². The van der Waals surface area contributed by atoms with Gasteiger partial charge in [0.1, 0.15) is 0 Å². The number of rotatable bonds is 2. The van der Waals surface area contributed by atoms with Crippen molar-refractivity contribution >= 4 is 29.0 Å². The number of hydrogen-bond donors (Lipinski definition) is 0. The zero-order chi connectivity index (χ0) is 10.6. The van der Waals surface area contributed by atoms with Gasteiger partial charge in [0.2, 0.25) is 0 Å². The first-order valence-corrected chi connectivity index (χ1v) is 5.04. The Balaban J connectivity index is 3.62. The Morgan fingerprint density at radius 3 is 2.71 bits per heavy atom. The first-order chi connectivity index (χ1) is 6.70. The van der Waals surface area contributed by atoms with Crippen LogP contribution in [0.15, 0.2) is 18.2 Å². The smallest absolute Gasteiger partial charge is 0.253 e. The standard InChI is InChI=1S/C12H13ClO/c1-3-6-10-9(4-2)7-5-8-11(10)12(13)14/h4-8H,3H2,1-2H3/b9-4-,10-6+. The fraction of sp³-hybridized carbons (Fsp3) is 0.250. The van der Waals surface area contributed by atoms with Crippen LogP contribution in [0.3, 0.4) is 0 Å². The second kappa shape index (κ2) is 4.97. The van der Waals surface area contributed by atoms with Crippen molar-refractivity contribution in [2.45, 2.75) is 20.3 Å². The van der Waals surface area contributed by atoms with Gasteiger partial charge in [0.05, 0.1) is 0 Å². The number of carbonyl (C=O) groups is 1. The largest absolute Gasteiger partial charge is 0.276 e. The summed E-state index contributed by atoms with van der Waals surface area (Å²) in [6.07, 6.45) is 4.89. The Labute approximate surface area is 88.7 Å². The molecular weight excluding hydrogens is 196 g/mol. The van der Waals surface area contributed by atoms with Crippen molar-refractivity contribution in [1.82, 2.24) is 0 Å². The van der Waals surface area contributed by atoms with Crippen LogP contribution in [0.4, 0.5) is 0 Å². The van der Waals surface area contributed by atoms with E-state index in [0.29, 0.717) is 5.56 Å². The van der Waals surface area contributed by atoms with Gasteiger partial charge in [-0.15, -0.1) is 0 Å². The molecule has 0 aliphatic rings. The van der Waals surface area contributed by atoms with E-state index >= 15 is 0 Å². The van der Waals surface area contributed by atoms with Gasteiger partial charge in [0, 0.05) is 5.56 Å². The molecule has 0 aliphatic heterocycles. The summed E-state index contributed by atoms with van der Waals surface area (Å²) in [7, 11) is 0. The lowest BCUT2D eigenvalue weighted by molar-refractivity contribution is 0.108. The molecular formula is C12H13ClO. The highest BCUT2D eigenvalue weighted by Gasteiger charge is 2.02. The molecule has 0 radical (unpaired) electrons. The lowest BCUT2D eigenvalue weighted by atomic mass is 10.1. The van der Waals surface area contributed by atoms with Gasteiger partial charge in [-0.05, 0) is 41.4 Å². The molecule has 0 fully saturated rings. The van der Waals surface area contributed by atoms with E-state index < -0.39 is 5.24 Å². The molecule has 0 heterocycles. The summed E-state index contributed by atoms with van der Waals surface area (Å²) in [6, 6.07) is 5.58. The molecule has 1 aromatic rings. The van der Waals surface area contributed by atoms with Gasteiger partial charge in [0.25, 0.3) is 5.24 Å². The highest BCUT2D eigenvalue weighted by atomic mass is 35.5. The molecule has 0 atom stereocenters. The Morgan fingerprint density at radius 1 is 1.50 bits per heavy atom.